The minimum atomic E-state index is -0.839. The van der Waals surface area contributed by atoms with Crippen molar-refractivity contribution in [2.75, 3.05) is 32.8 Å². The van der Waals surface area contributed by atoms with Crippen molar-refractivity contribution in [2.45, 2.75) is 27.3 Å². The molecule has 134 valence electrons. The van der Waals surface area contributed by atoms with Crippen molar-refractivity contribution in [2.24, 2.45) is 0 Å². The molecule has 1 rings (SSSR count). The highest BCUT2D eigenvalue weighted by Crippen LogP contribution is 2.11. The van der Waals surface area contributed by atoms with Gasteiger partial charge in [0.05, 0.1) is 13.2 Å². The lowest BCUT2D eigenvalue weighted by atomic mass is 10.1. The van der Waals surface area contributed by atoms with Gasteiger partial charge in [-0.3, -0.25) is 10.0 Å². The Bertz CT molecular complexity index is 532. The maximum absolute atomic E-state index is 12.4. The van der Waals surface area contributed by atoms with Gasteiger partial charge in [-0.15, -0.1) is 0 Å². The van der Waals surface area contributed by atoms with E-state index in [4.69, 9.17) is 4.74 Å². The number of amides is 2. The molecule has 24 heavy (non-hydrogen) atoms. The molecule has 0 aliphatic heterocycles. The Labute approximate surface area is 143 Å². The van der Waals surface area contributed by atoms with Crippen molar-refractivity contribution >= 4 is 12.0 Å². The maximum Gasteiger partial charge on any atom is 0.434 e. The lowest BCUT2D eigenvalue weighted by Gasteiger charge is -2.19. The van der Waals surface area contributed by atoms with Crippen LogP contribution in [-0.4, -0.2) is 60.0 Å². The number of hydrogen-bond donors (Lipinski definition) is 2. The van der Waals surface area contributed by atoms with Gasteiger partial charge in [0.15, 0.2) is 0 Å². The van der Waals surface area contributed by atoms with Gasteiger partial charge in [0, 0.05) is 18.7 Å². The summed E-state index contributed by atoms with van der Waals surface area (Å²) in [7, 11) is 0. The minimum absolute atomic E-state index is 0.113. The van der Waals surface area contributed by atoms with E-state index in [2.05, 4.69) is 24.1 Å². The third-order valence-corrected chi connectivity index (χ3v) is 3.67. The van der Waals surface area contributed by atoms with Gasteiger partial charge in [0.2, 0.25) is 0 Å². The van der Waals surface area contributed by atoms with Gasteiger partial charge in [-0.1, -0.05) is 32.0 Å². The normalized spacial score (nSPS) is 10.5. The summed E-state index contributed by atoms with van der Waals surface area (Å²) in [6.07, 6.45) is -0.839. The molecule has 0 aliphatic rings. The molecule has 0 bridgehead atoms. The molecule has 0 fully saturated rings. The summed E-state index contributed by atoms with van der Waals surface area (Å²) in [4.78, 5) is 26.1. The van der Waals surface area contributed by atoms with E-state index in [9.17, 15) is 14.8 Å². The van der Waals surface area contributed by atoms with Gasteiger partial charge in [0.25, 0.3) is 5.91 Å². The van der Waals surface area contributed by atoms with Crippen molar-refractivity contribution in [1.29, 1.82) is 0 Å². The molecule has 7 nitrogen and oxygen atoms in total. The molecule has 0 spiro atoms. The maximum atomic E-state index is 12.4. The predicted octanol–water partition coefficient (Wildman–Crippen LogP) is 2.11. The summed E-state index contributed by atoms with van der Waals surface area (Å²) in [5, 5.41) is 13.1. The van der Waals surface area contributed by atoms with Crippen LogP contribution in [-0.2, 0) is 11.3 Å². The molecular weight excluding hydrogens is 310 g/mol. The van der Waals surface area contributed by atoms with Crippen LogP contribution in [0.5, 0.6) is 0 Å². The van der Waals surface area contributed by atoms with E-state index >= 15 is 0 Å². The first-order valence-corrected chi connectivity index (χ1v) is 8.25. The Kier molecular flexibility index (Phi) is 8.81. The Morgan fingerprint density at radius 1 is 1.17 bits per heavy atom. The lowest BCUT2D eigenvalue weighted by molar-refractivity contribution is -0.0801. The molecule has 0 heterocycles. The summed E-state index contributed by atoms with van der Waals surface area (Å²) in [5.74, 6) is -0.227. The highest BCUT2D eigenvalue weighted by Gasteiger charge is 2.17. The fourth-order valence-corrected chi connectivity index (χ4v) is 2.27. The fraction of sp³-hybridized carbons (Fsp3) is 0.529. The first kappa shape index (κ1) is 19.9. The summed E-state index contributed by atoms with van der Waals surface area (Å²) >= 11 is 0. The summed E-state index contributed by atoms with van der Waals surface area (Å²) in [5.41, 5.74) is 0.980. The van der Waals surface area contributed by atoms with E-state index in [-0.39, 0.29) is 19.1 Å². The molecule has 0 atom stereocenters. The molecule has 7 heteroatoms. The third kappa shape index (κ3) is 6.17. The monoisotopic (exact) mass is 337 g/mol. The Morgan fingerprint density at radius 3 is 2.46 bits per heavy atom. The second kappa shape index (κ2) is 10.6. The lowest BCUT2D eigenvalue weighted by Crippen LogP contribution is -2.35. The summed E-state index contributed by atoms with van der Waals surface area (Å²) in [6, 6.07) is 6.86. The zero-order chi connectivity index (χ0) is 17.9. The summed E-state index contributed by atoms with van der Waals surface area (Å²) < 4.78 is 4.72. The number of carbonyl (C=O) groups excluding carboxylic acids is 2. The number of rotatable bonds is 9. The van der Waals surface area contributed by atoms with E-state index in [1.165, 1.54) is 0 Å². The second-order valence-corrected chi connectivity index (χ2v) is 5.20. The molecule has 1 aromatic rings. The largest absolute Gasteiger partial charge is 0.448 e. The van der Waals surface area contributed by atoms with Crippen LogP contribution in [0.15, 0.2) is 24.3 Å². The van der Waals surface area contributed by atoms with E-state index in [0.717, 1.165) is 19.6 Å². The zero-order valence-electron chi connectivity index (χ0n) is 14.6. The number of hydrogen-bond acceptors (Lipinski definition) is 5. The van der Waals surface area contributed by atoms with Crippen molar-refractivity contribution in [1.82, 2.24) is 15.3 Å². The van der Waals surface area contributed by atoms with Crippen molar-refractivity contribution in [3.63, 3.8) is 0 Å². The Balaban J connectivity index is 2.68. The van der Waals surface area contributed by atoms with Crippen molar-refractivity contribution < 1.29 is 19.5 Å². The van der Waals surface area contributed by atoms with Crippen LogP contribution >= 0.6 is 0 Å². The molecule has 2 amide bonds. The predicted molar refractivity (Wildman–Crippen MR) is 90.9 cm³/mol. The molecule has 0 aliphatic carbocycles. The summed E-state index contributed by atoms with van der Waals surface area (Å²) in [6.45, 7) is 9.04. The van der Waals surface area contributed by atoms with Crippen LogP contribution in [0.3, 0.4) is 0 Å². The molecule has 0 radical (unpaired) electrons. The third-order valence-electron chi connectivity index (χ3n) is 3.67. The molecule has 0 aromatic heterocycles. The first-order valence-electron chi connectivity index (χ1n) is 8.25. The number of nitrogens with one attached hydrogen (secondary N) is 1. The van der Waals surface area contributed by atoms with Gasteiger partial charge in [0.1, 0.15) is 0 Å². The number of hydroxylamine groups is 2. The average Bonchev–Trinajstić information content (AvgIpc) is 2.59. The van der Waals surface area contributed by atoms with E-state index < -0.39 is 6.09 Å². The van der Waals surface area contributed by atoms with Crippen LogP contribution in [0.4, 0.5) is 4.79 Å². The van der Waals surface area contributed by atoms with Crippen molar-refractivity contribution in [3.05, 3.63) is 35.4 Å². The number of likely N-dealkylation sites (N-methyl/N-ethyl adjacent to an activating group) is 1. The molecule has 2 N–H and O–H groups in total. The SMILES string of the molecule is CCOC(=O)N(O)Cc1ccccc1C(=O)NCCN(CC)CC. The topological polar surface area (TPSA) is 82.1 Å². The van der Waals surface area contributed by atoms with Crippen LogP contribution in [0.1, 0.15) is 36.7 Å². The Hall–Kier alpha value is -2.12. The number of ether oxygens (including phenoxy) is 1. The quantitative estimate of drug-likeness (QED) is 0.533. The Morgan fingerprint density at radius 2 is 1.83 bits per heavy atom. The second-order valence-electron chi connectivity index (χ2n) is 5.20. The van der Waals surface area contributed by atoms with Gasteiger partial charge < -0.3 is 15.0 Å². The molecular formula is C17H27N3O4. The molecule has 0 unspecified atom stereocenters. The number of carbonyl (C=O) groups is 2. The highest BCUT2D eigenvalue weighted by atomic mass is 16.6. The van der Waals surface area contributed by atoms with Crippen LogP contribution < -0.4 is 5.32 Å². The zero-order valence-corrected chi connectivity index (χ0v) is 14.6. The molecule has 0 saturated carbocycles. The van der Waals surface area contributed by atoms with E-state index in [0.29, 0.717) is 22.7 Å². The van der Waals surface area contributed by atoms with Gasteiger partial charge in [-0.25, -0.2) is 4.79 Å². The van der Waals surface area contributed by atoms with E-state index in [1.54, 1.807) is 31.2 Å². The minimum Gasteiger partial charge on any atom is -0.448 e. The molecule has 1 aromatic carbocycles. The van der Waals surface area contributed by atoms with Gasteiger partial charge in [-0.05, 0) is 31.6 Å². The van der Waals surface area contributed by atoms with Crippen LogP contribution in [0.2, 0.25) is 0 Å². The molecule has 0 saturated heterocycles. The standard InChI is InChI=1S/C17H27N3O4/c1-4-19(5-2)12-11-18-16(21)15-10-8-7-9-14(15)13-20(23)17(22)24-6-3/h7-10,23H,4-6,11-13H2,1-3H3,(H,18,21). The fourth-order valence-electron chi connectivity index (χ4n) is 2.27. The average molecular weight is 337 g/mol. The first-order chi connectivity index (χ1) is 11.5. The van der Waals surface area contributed by atoms with Gasteiger partial charge in [-0.2, -0.15) is 5.06 Å². The van der Waals surface area contributed by atoms with Crippen molar-refractivity contribution in [3.8, 4) is 0 Å². The van der Waals surface area contributed by atoms with Crippen LogP contribution in [0.25, 0.3) is 0 Å². The van der Waals surface area contributed by atoms with Crippen LogP contribution in [0, 0.1) is 0 Å². The highest BCUT2D eigenvalue weighted by molar-refractivity contribution is 5.95. The van der Waals surface area contributed by atoms with Gasteiger partial charge >= 0.3 is 6.09 Å². The number of nitrogens with zero attached hydrogens (tertiary/aromatic N) is 2. The number of benzene rings is 1. The smallest absolute Gasteiger partial charge is 0.434 e. The van der Waals surface area contributed by atoms with E-state index in [1.807, 2.05) is 0 Å².